The quantitative estimate of drug-likeness (QED) is 0.111. The first kappa shape index (κ1) is 34.9. The van der Waals surface area contributed by atoms with Crippen LogP contribution < -0.4 is 0 Å². The number of carbonyl (C=O) groups excluding carboxylic acids is 2. The number of rotatable bonds is 12. The SMILES string of the molecule is CC(=O)O[C@H]1C(N=[N+]=[N-])CC(N=[N+]=[N-])[C@@H](C2C[C@H]([C@@H](CF)N(Cc3ccccc3)C(=O)OCc3ccccc3)CCC2N=[N+]=[N-])[C@@H]1O. The number of hydrogen-bond donors (Lipinski definition) is 1. The highest BCUT2D eigenvalue weighted by molar-refractivity contribution is 5.68. The number of aliphatic hydroxyl groups is 1. The van der Waals surface area contributed by atoms with E-state index in [9.17, 15) is 25.8 Å². The highest BCUT2D eigenvalue weighted by atomic mass is 19.1. The molecule has 0 aromatic heterocycles. The number of benzene rings is 2. The van der Waals surface area contributed by atoms with Crippen LogP contribution in [0.1, 0.15) is 43.7 Å². The van der Waals surface area contributed by atoms with Gasteiger partial charge in [0.15, 0.2) is 0 Å². The van der Waals surface area contributed by atoms with Gasteiger partial charge in [-0.1, -0.05) is 76.0 Å². The topological polar surface area (TPSA) is 222 Å². The zero-order chi connectivity index (χ0) is 33.8. The van der Waals surface area contributed by atoms with Gasteiger partial charge >= 0.3 is 12.1 Å². The minimum absolute atomic E-state index is 0.0117. The third kappa shape index (κ3) is 8.84. The minimum Gasteiger partial charge on any atom is -0.459 e. The van der Waals surface area contributed by atoms with Crippen LogP contribution in [0.2, 0.25) is 0 Å². The molecule has 2 aliphatic carbocycles. The van der Waals surface area contributed by atoms with E-state index in [0.717, 1.165) is 18.1 Å². The normalized spacial score (nSPS) is 27.5. The van der Waals surface area contributed by atoms with Crippen LogP contribution in [0.3, 0.4) is 0 Å². The van der Waals surface area contributed by atoms with Crippen molar-refractivity contribution in [3.05, 3.63) is 103 Å². The van der Waals surface area contributed by atoms with Gasteiger partial charge in [-0.05, 0) is 65.2 Å². The van der Waals surface area contributed by atoms with Crippen molar-refractivity contribution in [3.8, 4) is 0 Å². The average Bonchev–Trinajstić information content (AvgIpc) is 3.07. The molecule has 2 fully saturated rings. The van der Waals surface area contributed by atoms with Crippen LogP contribution in [-0.4, -0.2) is 65.1 Å². The van der Waals surface area contributed by atoms with Crippen LogP contribution >= 0.6 is 0 Å². The zero-order valence-corrected chi connectivity index (χ0v) is 25.8. The smallest absolute Gasteiger partial charge is 0.410 e. The molecule has 0 bridgehead atoms. The second-order valence-electron chi connectivity index (χ2n) is 11.8. The molecule has 248 valence electrons. The van der Waals surface area contributed by atoms with Gasteiger partial charge in [0, 0.05) is 46.2 Å². The Morgan fingerprint density at radius 2 is 1.51 bits per heavy atom. The summed E-state index contributed by atoms with van der Waals surface area (Å²) in [5.41, 5.74) is 29.5. The van der Waals surface area contributed by atoms with Gasteiger partial charge in [0.05, 0.1) is 18.2 Å². The Labute approximate surface area is 270 Å². The first-order valence-corrected chi connectivity index (χ1v) is 15.4. The molecule has 0 saturated heterocycles. The molecule has 47 heavy (non-hydrogen) atoms. The molecular weight excluding hydrogens is 611 g/mol. The highest BCUT2D eigenvalue weighted by Gasteiger charge is 2.52. The van der Waals surface area contributed by atoms with E-state index >= 15 is 4.39 Å². The van der Waals surface area contributed by atoms with Crippen molar-refractivity contribution in [1.82, 2.24) is 4.90 Å². The van der Waals surface area contributed by atoms with E-state index < -0.39 is 72.9 Å². The van der Waals surface area contributed by atoms with E-state index in [1.807, 2.05) is 60.7 Å². The summed E-state index contributed by atoms with van der Waals surface area (Å²) in [4.78, 5) is 35.7. The Hall–Kier alpha value is -5.00. The fourth-order valence-electron chi connectivity index (χ4n) is 7.02. The lowest BCUT2D eigenvalue weighted by Gasteiger charge is -2.49. The first-order chi connectivity index (χ1) is 22.8. The summed E-state index contributed by atoms with van der Waals surface area (Å²) in [6.45, 7) is 0.304. The number of alkyl halides is 1. The van der Waals surface area contributed by atoms with E-state index in [-0.39, 0.29) is 26.0 Å². The van der Waals surface area contributed by atoms with Gasteiger partial charge in [0.2, 0.25) is 0 Å². The van der Waals surface area contributed by atoms with Crippen molar-refractivity contribution in [2.24, 2.45) is 33.1 Å². The summed E-state index contributed by atoms with van der Waals surface area (Å²) in [7, 11) is 0. The molecule has 2 aliphatic rings. The third-order valence-corrected chi connectivity index (χ3v) is 9.07. The monoisotopic (exact) mass is 648 g/mol. The fraction of sp³-hybridized carbons (Fsp3) is 0.548. The fourth-order valence-corrected chi connectivity index (χ4v) is 7.02. The molecule has 0 spiro atoms. The number of esters is 1. The van der Waals surface area contributed by atoms with Gasteiger partial charge in [-0.2, -0.15) is 0 Å². The molecule has 2 saturated carbocycles. The number of nitrogens with zero attached hydrogens (tertiary/aromatic N) is 10. The molecule has 0 heterocycles. The number of ether oxygens (including phenoxy) is 2. The van der Waals surface area contributed by atoms with Crippen LogP contribution in [-0.2, 0) is 27.4 Å². The average molecular weight is 649 g/mol. The summed E-state index contributed by atoms with van der Waals surface area (Å²) >= 11 is 0. The number of amides is 1. The summed E-state index contributed by atoms with van der Waals surface area (Å²) < 4.78 is 26.2. The van der Waals surface area contributed by atoms with E-state index in [2.05, 4.69) is 30.1 Å². The van der Waals surface area contributed by atoms with Gasteiger partial charge in [0.1, 0.15) is 19.4 Å². The van der Waals surface area contributed by atoms with Crippen LogP contribution in [0.15, 0.2) is 76.0 Å². The molecule has 4 unspecified atom stereocenters. The Kier molecular flexibility index (Phi) is 12.7. The molecule has 0 radical (unpaired) electrons. The third-order valence-electron chi connectivity index (χ3n) is 9.07. The van der Waals surface area contributed by atoms with Gasteiger partial charge in [-0.3, -0.25) is 9.69 Å². The molecule has 1 N–H and O–H groups in total. The van der Waals surface area contributed by atoms with Crippen molar-refractivity contribution < 1.29 is 28.6 Å². The van der Waals surface area contributed by atoms with Crippen molar-refractivity contribution in [2.75, 3.05) is 6.67 Å². The molecule has 2 aromatic carbocycles. The Morgan fingerprint density at radius 3 is 2.11 bits per heavy atom. The van der Waals surface area contributed by atoms with Gasteiger partial charge in [-0.25, -0.2) is 9.18 Å². The molecule has 9 atom stereocenters. The van der Waals surface area contributed by atoms with Crippen LogP contribution in [0, 0.1) is 17.8 Å². The van der Waals surface area contributed by atoms with Crippen molar-refractivity contribution in [3.63, 3.8) is 0 Å². The summed E-state index contributed by atoms with van der Waals surface area (Å²) in [6, 6.07) is 14.6. The second kappa shape index (κ2) is 17.1. The predicted octanol–water partition coefficient (Wildman–Crippen LogP) is 6.93. The molecule has 4 rings (SSSR count). The van der Waals surface area contributed by atoms with Gasteiger partial charge in [-0.15, -0.1) is 0 Å². The van der Waals surface area contributed by atoms with E-state index in [4.69, 9.17) is 15.0 Å². The van der Waals surface area contributed by atoms with Gasteiger partial charge < -0.3 is 14.6 Å². The number of halogens is 1. The number of aliphatic hydroxyl groups excluding tert-OH is 1. The first-order valence-electron chi connectivity index (χ1n) is 15.4. The highest BCUT2D eigenvalue weighted by Crippen LogP contribution is 2.46. The molecular formula is C31H37FN10O5. The molecule has 2 aromatic rings. The summed E-state index contributed by atoms with van der Waals surface area (Å²) in [5.74, 6) is -2.78. The lowest BCUT2D eigenvalue weighted by atomic mass is 9.63. The maximum atomic E-state index is 15.2. The molecule has 16 heteroatoms. The summed E-state index contributed by atoms with van der Waals surface area (Å²) in [6.07, 6.45) is -2.63. The largest absolute Gasteiger partial charge is 0.459 e. The zero-order valence-electron chi connectivity index (χ0n) is 25.8. The maximum Gasteiger partial charge on any atom is 0.410 e. The van der Waals surface area contributed by atoms with E-state index in [1.165, 1.54) is 4.90 Å². The molecule has 0 aliphatic heterocycles. The number of carbonyl (C=O) groups is 2. The lowest BCUT2D eigenvalue weighted by Crippen LogP contribution is -2.58. The van der Waals surface area contributed by atoms with Crippen LogP contribution in [0.4, 0.5) is 9.18 Å². The van der Waals surface area contributed by atoms with E-state index in [0.29, 0.717) is 12.8 Å². The Balaban J connectivity index is 1.68. The van der Waals surface area contributed by atoms with Crippen LogP contribution in [0.25, 0.3) is 31.3 Å². The van der Waals surface area contributed by atoms with E-state index in [1.54, 1.807) is 0 Å². The Bertz CT molecular complexity index is 1500. The predicted molar refractivity (Wildman–Crippen MR) is 168 cm³/mol. The van der Waals surface area contributed by atoms with Crippen molar-refractivity contribution >= 4 is 12.1 Å². The number of hydrogen-bond acceptors (Lipinski definition) is 8. The minimum atomic E-state index is -1.47. The standard InChI is InChI=1S/C31H37FN10O5/c1-19(43)47-30-26(38-41-35)15-25(37-40-34)28(29(30)44)23-14-22(12-13-24(23)36-39-33)27(16-32)42(17-20-8-4-2-5-9-20)31(45)46-18-21-10-6-3-7-11-21/h2-11,22-30,44H,12-18H2,1H3/t22-,23?,24?,25?,26?,27-,28-,29+,30+/m1/s1. The lowest BCUT2D eigenvalue weighted by molar-refractivity contribution is -0.164. The second-order valence-corrected chi connectivity index (χ2v) is 11.8. The van der Waals surface area contributed by atoms with Gasteiger partial charge in [0.25, 0.3) is 0 Å². The summed E-state index contributed by atoms with van der Waals surface area (Å²) in [5, 5.41) is 23.2. The van der Waals surface area contributed by atoms with Crippen molar-refractivity contribution in [1.29, 1.82) is 0 Å². The van der Waals surface area contributed by atoms with Crippen molar-refractivity contribution in [2.45, 2.75) is 82.1 Å². The molecule has 15 nitrogen and oxygen atoms in total. The maximum absolute atomic E-state index is 15.2. The Morgan fingerprint density at radius 1 is 0.915 bits per heavy atom. The van der Waals surface area contributed by atoms with Crippen LogP contribution in [0.5, 0.6) is 0 Å². The molecule has 1 amide bonds. The number of azide groups is 3.